The number of nitrogens with zero attached hydrogens (tertiary/aromatic N) is 1. The van der Waals surface area contributed by atoms with Crippen molar-refractivity contribution in [1.82, 2.24) is 10.3 Å². The molecule has 2 aromatic rings. The van der Waals surface area contributed by atoms with E-state index in [1.54, 1.807) is 6.20 Å². The third-order valence-electron chi connectivity index (χ3n) is 2.75. The summed E-state index contributed by atoms with van der Waals surface area (Å²) in [7, 11) is 0. The molecule has 0 atom stereocenters. The first-order valence-corrected chi connectivity index (χ1v) is 7.83. The van der Waals surface area contributed by atoms with Crippen LogP contribution in [-0.2, 0) is 6.54 Å². The van der Waals surface area contributed by atoms with Gasteiger partial charge in [0.25, 0.3) is 0 Å². The monoisotopic (exact) mass is 368 g/mol. The van der Waals surface area contributed by atoms with E-state index in [2.05, 4.69) is 47.0 Å². The van der Waals surface area contributed by atoms with E-state index in [1.807, 2.05) is 30.3 Å². The summed E-state index contributed by atoms with van der Waals surface area (Å²) in [4.78, 5) is 4.21. The van der Waals surface area contributed by atoms with Crippen LogP contribution < -0.4 is 10.1 Å². The quantitative estimate of drug-likeness (QED) is 0.806. The second kappa shape index (κ2) is 6.77. The van der Waals surface area contributed by atoms with E-state index < -0.39 is 0 Å². The van der Waals surface area contributed by atoms with Crippen molar-refractivity contribution < 1.29 is 4.74 Å². The van der Waals surface area contributed by atoms with Gasteiger partial charge in [0.15, 0.2) is 0 Å². The lowest BCUT2D eigenvalue weighted by Gasteiger charge is -2.21. The molecule has 0 saturated heterocycles. The first kappa shape index (κ1) is 16.3. The van der Waals surface area contributed by atoms with Crippen molar-refractivity contribution in [3.05, 3.63) is 51.6 Å². The van der Waals surface area contributed by atoms with E-state index in [0.29, 0.717) is 17.4 Å². The van der Waals surface area contributed by atoms with Crippen LogP contribution in [0, 0.1) is 0 Å². The summed E-state index contributed by atoms with van der Waals surface area (Å²) in [5, 5.41) is 4.04. The highest BCUT2D eigenvalue weighted by atomic mass is 79.9. The van der Waals surface area contributed by atoms with Gasteiger partial charge < -0.3 is 10.1 Å². The molecule has 0 aliphatic rings. The summed E-state index contributed by atoms with van der Waals surface area (Å²) >= 11 is 9.58. The van der Waals surface area contributed by atoms with Crippen molar-refractivity contribution in [2.45, 2.75) is 32.9 Å². The Morgan fingerprint density at radius 2 is 1.90 bits per heavy atom. The van der Waals surface area contributed by atoms with E-state index in [-0.39, 0.29) is 5.54 Å². The van der Waals surface area contributed by atoms with E-state index >= 15 is 0 Å². The van der Waals surface area contributed by atoms with Crippen molar-refractivity contribution in [3.63, 3.8) is 0 Å². The number of ether oxygens (including phenoxy) is 1. The molecule has 21 heavy (non-hydrogen) atoms. The Balaban J connectivity index is 2.12. The highest BCUT2D eigenvalue weighted by Gasteiger charge is 2.11. The summed E-state index contributed by atoms with van der Waals surface area (Å²) in [5.74, 6) is 1.27. The molecule has 0 fully saturated rings. The summed E-state index contributed by atoms with van der Waals surface area (Å²) in [6.07, 6.45) is 1.62. The predicted molar refractivity (Wildman–Crippen MR) is 90.1 cm³/mol. The predicted octanol–water partition coefficient (Wildman–Crippen LogP) is 5.18. The zero-order valence-corrected chi connectivity index (χ0v) is 14.6. The molecule has 0 unspecified atom stereocenters. The fraction of sp³-hybridized carbons (Fsp3) is 0.312. The van der Waals surface area contributed by atoms with Gasteiger partial charge >= 0.3 is 0 Å². The molecular formula is C16H18BrClN2O. The van der Waals surface area contributed by atoms with E-state index in [9.17, 15) is 0 Å². The van der Waals surface area contributed by atoms with Gasteiger partial charge in [-0.1, -0.05) is 27.5 Å². The van der Waals surface area contributed by atoms with Crippen LogP contribution in [0.2, 0.25) is 5.02 Å². The van der Waals surface area contributed by atoms with Crippen LogP contribution in [0.4, 0.5) is 0 Å². The van der Waals surface area contributed by atoms with Crippen molar-refractivity contribution >= 4 is 27.5 Å². The zero-order valence-electron chi connectivity index (χ0n) is 12.3. The fourth-order valence-corrected chi connectivity index (χ4v) is 2.07. The number of hydrogen-bond donors (Lipinski definition) is 1. The second-order valence-corrected chi connectivity index (χ2v) is 7.10. The van der Waals surface area contributed by atoms with E-state index in [4.69, 9.17) is 16.3 Å². The highest BCUT2D eigenvalue weighted by Crippen LogP contribution is 2.25. The van der Waals surface area contributed by atoms with Crippen LogP contribution in [0.3, 0.4) is 0 Å². The third kappa shape index (κ3) is 5.30. The van der Waals surface area contributed by atoms with E-state index in [0.717, 1.165) is 15.8 Å². The first-order valence-electron chi connectivity index (χ1n) is 6.66. The zero-order chi connectivity index (χ0) is 15.5. The van der Waals surface area contributed by atoms with Gasteiger partial charge in [0.2, 0.25) is 5.88 Å². The largest absolute Gasteiger partial charge is 0.439 e. The van der Waals surface area contributed by atoms with Crippen LogP contribution in [0.5, 0.6) is 11.6 Å². The molecule has 2 rings (SSSR count). The second-order valence-electron chi connectivity index (χ2n) is 5.77. The van der Waals surface area contributed by atoms with Crippen molar-refractivity contribution in [1.29, 1.82) is 0 Å². The Bertz CT molecular complexity index is 609. The van der Waals surface area contributed by atoms with Crippen molar-refractivity contribution in [2.24, 2.45) is 0 Å². The lowest BCUT2D eigenvalue weighted by atomic mass is 10.1. The minimum absolute atomic E-state index is 0.0271. The summed E-state index contributed by atoms with van der Waals surface area (Å²) < 4.78 is 6.75. The number of rotatable bonds is 4. The Kier molecular flexibility index (Phi) is 5.25. The normalized spacial score (nSPS) is 11.5. The molecule has 112 valence electrons. The Hall–Kier alpha value is -1.10. The van der Waals surface area contributed by atoms with Crippen molar-refractivity contribution in [3.8, 4) is 11.6 Å². The number of nitrogens with one attached hydrogen (secondary N) is 1. The van der Waals surface area contributed by atoms with Gasteiger partial charge in [-0.05, 0) is 50.6 Å². The molecule has 3 nitrogen and oxygen atoms in total. The number of halogens is 2. The van der Waals surface area contributed by atoms with Gasteiger partial charge in [-0.2, -0.15) is 0 Å². The standard InChI is InChI=1S/C16H18BrClN2O/c1-16(2,3)20-9-11-8-15(19-10-14(11)18)21-13-6-4-12(17)5-7-13/h4-8,10,20H,9H2,1-3H3. The molecule has 0 amide bonds. The maximum atomic E-state index is 6.18. The molecule has 0 saturated carbocycles. The highest BCUT2D eigenvalue weighted by molar-refractivity contribution is 9.10. The molecule has 1 aromatic carbocycles. The van der Waals surface area contributed by atoms with Gasteiger partial charge in [-0.25, -0.2) is 4.98 Å². The minimum Gasteiger partial charge on any atom is -0.439 e. The Morgan fingerprint density at radius 3 is 2.52 bits per heavy atom. The van der Waals surface area contributed by atoms with Gasteiger partial charge in [0.05, 0.1) is 5.02 Å². The molecule has 1 N–H and O–H groups in total. The van der Waals surface area contributed by atoms with Gasteiger partial charge in [0.1, 0.15) is 5.75 Å². The maximum absolute atomic E-state index is 6.18. The molecule has 0 aliphatic carbocycles. The molecule has 1 heterocycles. The van der Waals surface area contributed by atoms with Gasteiger partial charge in [0, 0.05) is 28.8 Å². The van der Waals surface area contributed by atoms with E-state index in [1.165, 1.54) is 0 Å². The average molecular weight is 370 g/mol. The number of aromatic nitrogens is 1. The molecule has 5 heteroatoms. The Labute approximate surface area is 138 Å². The van der Waals surface area contributed by atoms with Gasteiger partial charge in [-0.15, -0.1) is 0 Å². The number of pyridine rings is 1. The molecule has 0 radical (unpaired) electrons. The van der Waals surface area contributed by atoms with Crippen LogP contribution >= 0.6 is 27.5 Å². The molecule has 0 bridgehead atoms. The lowest BCUT2D eigenvalue weighted by molar-refractivity contribution is 0.422. The summed E-state index contributed by atoms with van der Waals surface area (Å²) in [5.41, 5.74) is 0.994. The van der Waals surface area contributed by atoms with Gasteiger partial charge in [-0.3, -0.25) is 0 Å². The van der Waals surface area contributed by atoms with Crippen LogP contribution in [0.15, 0.2) is 41.0 Å². The smallest absolute Gasteiger partial charge is 0.219 e. The number of benzene rings is 1. The first-order chi connectivity index (χ1) is 9.83. The van der Waals surface area contributed by atoms with Crippen molar-refractivity contribution in [2.75, 3.05) is 0 Å². The van der Waals surface area contributed by atoms with Crippen LogP contribution in [0.25, 0.3) is 0 Å². The Morgan fingerprint density at radius 1 is 1.24 bits per heavy atom. The minimum atomic E-state index is 0.0271. The van der Waals surface area contributed by atoms with Crippen LogP contribution in [-0.4, -0.2) is 10.5 Å². The SMILES string of the molecule is CC(C)(C)NCc1cc(Oc2ccc(Br)cc2)ncc1Cl. The molecule has 0 aliphatic heterocycles. The molecule has 1 aromatic heterocycles. The molecular weight excluding hydrogens is 352 g/mol. The topological polar surface area (TPSA) is 34.1 Å². The average Bonchev–Trinajstić information content (AvgIpc) is 2.41. The molecule has 0 spiro atoms. The van der Waals surface area contributed by atoms with Crippen LogP contribution in [0.1, 0.15) is 26.3 Å². The lowest BCUT2D eigenvalue weighted by Crippen LogP contribution is -2.35. The third-order valence-corrected chi connectivity index (χ3v) is 3.62. The summed E-state index contributed by atoms with van der Waals surface area (Å²) in [6.45, 7) is 7.01. The number of hydrogen-bond acceptors (Lipinski definition) is 3. The maximum Gasteiger partial charge on any atom is 0.219 e. The fourth-order valence-electron chi connectivity index (χ4n) is 1.63. The summed E-state index contributed by atoms with van der Waals surface area (Å²) in [6, 6.07) is 9.48.